The zero-order chi connectivity index (χ0) is 10.3. The molecule has 0 atom stereocenters. The van der Waals surface area contributed by atoms with Gasteiger partial charge >= 0.3 is 0 Å². The lowest BCUT2D eigenvalue weighted by Gasteiger charge is -2.04. The SMILES string of the molecule is Clc1cnc2c(Cl)ccc(Cl)c2c1Cl. The average molecular weight is 267 g/mol. The number of pyridine rings is 1. The Hall–Kier alpha value is -0.210. The van der Waals surface area contributed by atoms with E-state index in [9.17, 15) is 0 Å². The Morgan fingerprint density at radius 1 is 0.857 bits per heavy atom. The van der Waals surface area contributed by atoms with Crippen LogP contribution in [0, 0.1) is 0 Å². The first-order chi connectivity index (χ1) is 6.61. The minimum atomic E-state index is 0.364. The first-order valence-corrected chi connectivity index (χ1v) is 5.20. The molecule has 5 heteroatoms. The molecule has 0 aliphatic rings. The molecule has 0 saturated carbocycles. The van der Waals surface area contributed by atoms with Gasteiger partial charge < -0.3 is 0 Å². The van der Waals surface area contributed by atoms with Crippen molar-refractivity contribution in [3.63, 3.8) is 0 Å². The van der Waals surface area contributed by atoms with Crippen LogP contribution in [0.2, 0.25) is 20.1 Å². The first kappa shape index (κ1) is 10.3. The van der Waals surface area contributed by atoms with Crippen LogP contribution in [0.25, 0.3) is 10.9 Å². The van der Waals surface area contributed by atoms with Crippen molar-refractivity contribution in [1.29, 1.82) is 0 Å². The van der Waals surface area contributed by atoms with Gasteiger partial charge in [0.15, 0.2) is 0 Å². The minimum absolute atomic E-state index is 0.364. The monoisotopic (exact) mass is 265 g/mol. The van der Waals surface area contributed by atoms with Crippen molar-refractivity contribution in [3.05, 3.63) is 38.4 Å². The van der Waals surface area contributed by atoms with Gasteiger partial charge in [0.25, 0.3) is 0 Å². The summed E-state index contributed by atoms with van der Waals surface area (Å²) in [7, 11) is 0. The van der Waals surface area contributed by atoms with Crippen molar-refractivity contribution in [2.75, 3.05) is 0 Å². The van der Waals surface area contributed by atoms with E-state index in [0.717, 1.165) is 0 Å². The van der Waals surface area contributed by atoms with Crippen LogP contribution in [-0.2, 0) is 0 Å². The minimum Gasteiger partial charge on any atom is -0.253 e. The summed E-state index contributed by atoms with van der Waals surface area (Å²) in [4.78, 5) is 4.07. The van der Waals surface area contributed by atoms with E-state index in [4.69, 9.17) is 46.4 Å². The Morgan fingerprint density at radius 3 is 2.21 bits per heavy atom. The second-order valence-electron chi connectivity index (χ2n) is 2.67. The maximum Gasteiger partial charge on any atom is 0.0919 e. The Balaban J connectivity index is 3.01. The van der Waals surface area contributed by atoms with Gasteiger partial charge in [0.2, 0.25) is 0 Å². The van der Waals surface area contributed by atoms with Crippen LogP contribution in [0.5, 0.6) is 0 Å². The topological polar surface area (TPSA) is 12.9 Å². The largest absolute Gasteiger partial charge is 0.253 e. The molecule has 0 aliphatic heterocycles. The summed E-state index contributed by atoms with van der Waals surface area (Å²) in [6, 6.07) is 3.33. The van der Waals surface area contributed by atoms with Crippen LogP contribution >= 0.6 is 46.4 Å². The van der Waals surface area contributed by atoms with Gasteiger partial charge in [-0.1, -0.05) is 46.4 Å². The molecule has 14 heavy (non-hydrogen) atoms. The Kier molecular flexibility index (Phi) is 2.76. The summed E-state index contributed by atoms with van der Waals surface area (Å²) in [6.45, 7) is 0. The quantitative estimate of drug-likeness (QED) is 0.664. The third-order valence-electron chi connectivity index (χ3n) is 1.81. The van der Waals surface area contributed by atoms with Gasteiger partial charge in [-0.05, 0) is 12.1 Å². The van der Waals surface area contributed by atoms with Crippen molar-refractivity contribution in [2.24, 2.45) is 0 Å². The molecular formula is C9H3Cl4N. The van der Waals surface area contributed by atoms with E-state index in [-0.39, 0.29) is 0 Å². The highest BCUT2D eigenvalue weighted by molar-refractivity contribution is 6.49. The van der Waals surface area contributed by atoms with Crippen molar-refractivity contribution in [3.8, 4) is 0 Å². The number of aromatic nitrogens is 1. The fraction of sp³-hybridized carbons (Fsp3) is 0. The van der Waals surface area contributed by atoms with E-state index in [2.05, 4.69) is 4.98 Å². The zero-order valence-electron chi connectivity index (χ0n) is 6.69. The van der Waals surface area contributed by atoms with Crippen molar-refractivity contribution >= 4 is 57.3 Å². The first-order valence-electron chi connectivity index (χ1n) is 3.69. The second-order valence-corrected chi connectivity index (χ2v) is 4.27. The summed E-state index contributed by atoms with van der Waals surface area (Å²) >= 11 is 23.7. The van der Waals surface area contributed by atoms with E-state index in [1.54, 1.807) is 12.1 Å². The predicted octanol–water partition coefficient (Wildman–Crippen LogP) is 4.85. The van der Waals surface area contributed by atoms with Gasteiger partial charge in [-0.25, -0.2) is 0 Å². The number of halogens is 4. The summed E-state index contributed by atoms with van der Waals surface area (Å²) < 4.78 is 0. The fourth-order valence-corrected chi connectivity index (χ4v) is 2.06. The van der Waals surface area contributed by atoms with E-state index < -0.39 is 0 Å². The number of hydrogen-bond donors (Lipinski definition) is 0. The molecule has 0 aliphatic carbocycles. The second kappa shape index (κ2) is 3.74. The number of fused-ring (bicyclic) bond motifs is 1. The molecule has 2 rings (SSSR count). The number of rotatable bonds is 0. The van der Waals surface area contributed by atoms with Gasteiger partial charge in [0.05, 0.1) is 25.6 Å². The van der Waals surface area contributed by atoms with Crippen LogP contribution in [0.3, 0.4) is 0 Å². The molecule has 1 aromatic carbocycles. The maximum atomic E-state index is 5.99. The van der Waals surface area contributed by atoms with Crippen LogP contribution < -0.4 is 0 Å². The lowest BCUT2D eigenvalue weighted by atomic mass is 10.2. The predicted molar refractivity (Wildman–Crippen MR) is 61.8 cm³/mol. The van der Waals surface area contributed by atoms with Gasteiger partial charge in [0, 0.05) is 11.6 Å². The zero-order valence-corrected chi connectivity index (χ0v) is 9.71. The van der Waals surface area contributed by atoms with E-state index >= 15 is 0 Å². The molecule has 0 unspecified atom stereocenters. The molecule has 0 saturated heterocycles. The third kappa shape index (κ3) is 1.55. The van der Waals surface area contributed by atoms with Gasteiger partial charge in [-0.15, -0.1) is 0 Å². The smallest absolute Gasteiger partial charge is 0.0919 e. The molecule has 1 nitrogen and oxygen atoms in total. The van der Waals surface area contributed by atoms with E-state index in [1.165, 1.54) is 6.20 Å². The van der Waals surface area contributed by atoms with Gasteiger partial charge in [-0.2, -0.15) is 0 Å². The molecule has 72 valence electrons. The molecule has 0 amide bonds. The molecule has 0 spiro atoms. The van der Waals surface area contributed by atoms with Crippen LogP contribution in [-0.4, -0.2) is 4.98 Å². The van der Waals surface area contributed by atoms with Crippen LogP contribution in [0.1, 0.15) is 0 Å². The van der Waals surface area contributed by atoms with Crippen LogP contribution in [0.15, 0.2) is 18.3 Å². The van der Waals surface area contributed by atoms with E-state index in [0.29, 0.717) is 31.0 Å². The fourth-order valence-electron chi connectivity index (χ4n) is 1.17. The summed E-state index contributed by atoms with van der Waals surface area (Å²) in [6.07, 6.45) is 1.45. The Morgan fingerprint density at radius 2 is 1.50 bits per heavy atom. The lowest BCUT2D eigenvalue weighted by Crippen LogP contribution is -1.83. The van der Waals surface area contributed by atoms with Crippen LogP contribution in [0.4, 0.5) is 0 Å². The maximum absolute atomic E-state index is 5.99. The molecular weight excluding hydrogens is 264 g/mol. The Bertz CT molecular complexity index is 510. The number of benzene rings is 1. The lowest BCUT2D eigenvalue weighted by molar-refractivity contribution is 1.41. The van der Waals surface area contributed by atoms with E-state index in [1.807, 2.05) is 0 Å². The highest BCUT2D eigenvalue weighted by Crippen LogP contribution is 2.36. The standard InChI is InChI=1S/C9H3Cl4N/c10-4-1-2-5(11)9-7(4)8(13)6(12)3-14-9/h1-3H. The van der Waals surface area contributed by atoms with Gasteiger partial charge in [-0.3, -0.25) is 4.98 Å². The number of nitrogens with zero attached hydrogens (tertiary/aromatic N) is 1. The highest BCUT2D eigenvalue weighted by atomic mass is 35.5. The van der Waals surface area contributed by atoms with Crippen molar-refractivity contribution < 1.29 is 0 Å². The molecule has 0 fully saturated rings. The van der Waals surface area contributed by atoms with Gasteiger partial charge in [0.1, 0.15) is 0 Å². The molecule has 2 aromatic rings. The number of hydrogen-bond acceptors (Lipinski definition) is 1. The molecule has 0 bridgehead atoms. The van der Waals surface area contributed by atoms with Crippen molar-refractivity contribution in [1.82, 2.24) is 4.98 Å². The summed E-state index contributed by atoms with van der Waals surface area (Å²) in [5.41, 5.74) is 0.563. The normalized spacial score (nSPS) is 10.9. The summed E-state index contributed by atoms with van der Waals surface area (Å²) in [5.74, 6) is 0. The third-order valence-corrected chi connectivity index (χ3v) is 3.21. The van der Waals surface area contributed by atoms with Crippen molar-refractivity contribution in [2.45, 2.75) is 0 Å². The Labute approximate surface area is 101 Å². The highest BCUT2D eigenvalue weighted by Gasteiger charge is 2.10. The average Bonchev–Trinajstić information content (AvgIpc) is 2.16. The summed E-state index contributed by atoms with van der Waals surface area (Å²) in [5, 5.41) is 2.33. The molecule has 0 radical (unpaired) electrons. The molecule has 0 N–H and O–H groups in total. The molecule has 1 heterocycles. The molecule has 1 aromatic heterocycles.